The lowest BCUT2D eigenvalue weighted by Gasteiger charge is -2.20. The first-order valence-corrected chi connectivity index (χ1v) is 7.85. The van der Waals surface area contributed by atoms with Gasteiger partial charge in [0.1, 0.15) is 11.6 Å². The monoisotopic (exact) mass is 349 g/mol. The smallest absolute Gasteiger partial charge is 0.145 e. The van der Waals surface area contributed by atoms with Crippen LogP contribution in [-0.4, -0.2) is 19.8 Å². The fourth-order valence-corrected chi connectivity index (χ4v) is 2.32. The highest BCUT2D eigenvalue weighted by atomic mass is 79.9. The molecule has 1 N–H and O–H groups in total. The molecule has 2 nitrogen and oxygen atoms in total. The average Bonchev–Trinajstić information content (AvgIpc) is 2.44. The quantitative estimate of drug-likeness (QED) is 0.520. The Balaban J connectivity index is 2.83. The number of nitrogens with one attached hydrogen (secondary N) is 1. The Labute approximate surface area is 128 Å². The van der Waals surface area contributed by atoms with Crippen LogP contribution >= 0.6 is 15.9 Å². The molecular formula is C15H22BrF2NO. The number of rotatable bonds is 9. The van der Waals surface area contributed by atoms with Crippen LogP contribution in [0.2, 0.25) is 0 Å². The third kappa shape index (κ3) is 5.11. The molecule has 0 heterocycles. The number of hydrogen-bond donors (Lipinski definition) is 1. The molecule has 0 amide bonds. The van der Waals surface area contributed by atoms with Gasteiger partial charge in [0.15, 0.2) is 0 Å². The molecule has 1 atom stereocenters. The minimum Gasteiger partial charge on any atom is -0.381 e. The molecule has 0 bridgehead atoms. The molecule has 0 fully saturated rings. The third-order valence-corrected chi connectivity index (χ3v) is 3.58. The van der Waals surface area contributed by atoms with Crippen molar-refractivity contribution in [2.45, 2.75) is 39.2 Å². The van der Waals surface area contributed by atoms with E-state index < -0.39 is 11.6 Å². The Morgan fingerprint density at radius 1 is 1.20 bits per heavy atom. The molecule has 1 rings (SSSR count). The predicted octanol–water partition coefficient (Wildman–Crippen LogP) is 4.58. The maximum Gasteiger partial charge on any atom is 0.145 e. The lowest BCUT2D eigenvalue weighted by molar-refractivity contribution is 0.124. The van der Waals surface area contributed by atoms with E-state index in [1.807, 2.05) is 13.8 Å². The van der Waals surface area contributed by atoms with Crippen molar-refractivity contribution in [3.8, 4) is 0 Å². The molecule has 114 valence electrons. The molecule has 1 aromatic carbocycles. The molecule has 0 aromatic heterocycles. The van der Waals surface area contributed by atoms with Crippen molar-refractivity contribution in [3.05, 3.63) is 33.8 Å². The Hall–Kier alpha value is -0.520. The van der Waals surface area contributed by atoms with Crippen molar-refractivity contribution >= 4 is 15.9 Å². The molecule has 5 heteroatoms. The fourth-order valence-electron chi connectivity index (χ4n) is 1.98. The van der Waals surface area contributed by atoms with Gasteiger partial charge in [0.05, 0.1) is 4.47 Å². The maximum absolute atomic E-state index is 14.1. The van der Waals surface area contributed by atoms with Gasteiger partial charge in [-0.25, -0.2) is 8.78 Å². The van der Waals surface area contributed by atoms with Crippen LogP contribution in [0, 0.1) is 11.6 Å². The Bertz CT molecular complexity index is 415. The van der Waals surface area contributed by atoms with Crippen molar-refractivity contribution in [1.82, 2.24) is 5.32 Å². The van der Waals surface area contributed by atoms with Crippen LogP contribution in [0.25, 0.3) is 0 Å². The van der Waals surface area contributed by atoms with Gasteiger partial charge in [-0.3, -0.25) is 0 Å². The second-order valence-corrected chi connectivity index (χ2v) is 5.52. The summed E-state index contributed by atoms with van der Waals surface area (Å²) < 4.78 is 33.8. The van der Waals surface area contributed by atoms with E-state index in [1.165, 1.54) is 12.1 Å². The molecule has 0 spiro atoms. The summed E-state index contributed by atoms with van der Waals surface area (Å²) in [5, 5.41) is 3.19. The van der Waals surface area contributed by atoms with Gasteiger partial charge >= 0.3 is 0 Å². The molecule has 0 aliphatic heterocycles. The highest BCUT2D eigenvalue weighted by Crippen LogP contribution is 2.28. The molecular weight excluding hydrogens is 328 g/mol. The Morgan fingerprint density at radius 3 is 2.60 bits per heavy atom. The van der Waals surface area contributed by atoms with Crippen molar-refractivity contribution in [2.75, 3.05) is 19.8 Å². The summed E-state index contributed by atoms with van der Waals surface area (Å²) in [4.78, 5) is 0. The topological polar surface area (TPSA) is 21.3 Å². The van der Waals surface area contributed by atoms with E-state index in [4.69, 9.17) is 4.74 Å². The Kier molecular flexibility index (Phi) is 8.26. The van der Waals surface area contributed by atoms with Gasteiger partial charge in [-0.05, 0) is 53.9 Å². The van der Waals surface area contributed by atoms with Crippen molar-refractivity contribution in [3.63, 3.8) is 0 Å². The van der Waals surface area contributed by atoms with E-state index in [9.17, 15) is 8.78 Å². The summed E-state index contributed by atoms with van der Waals surface area (Å²) in [6.07, 6.45) is 2.39. The minimum absolute atomic E-state index is 0.0907. The lowest BCUT2D eigenvalue weighted by atomic mass is 10.0. The second kappa shape index (κ2) is 9.42. The number of hydrogen-bond acceptors (Lipinski definition) is 2. The van der Waals surface area contributed by atoms with Crippen LogP contribution in [-0.2, 0) is 4.74 Å². The van der Waals surface area contributed by atoms with Gasteiger partial charge in [0.25, 0.3) is 0 Å². The summed E-state index contributed by atoms with van der Waals surface area (Å²) in [7, 11) is 0. The zero-order valence-electron chi connectivity index (χ0n) is 12.0. The first kappa shape index (κ1) is 17.5. The normalized spacial score (nSPS) is 12.7. The number of halogens is 3. The summed E-state index contributed by atoms with van der Waals surface area (Å²) in [6, 6.07) is 2.30. The fraction of sp³-hybridized carbons (Fsp3) is 0.600. The first-order valence-electron chi connectivity index (χ1n) is 7.06. The van der Waals surface area contributed by atoms with E-state index in [2.05, 4.69) is 21.2 Å². The summed E-state index contributed by atoms with van der Waals surface area (Å²) in [6.45, 7) is 5.92. The van der Waals surface area contributed by atoms with Gasteiger partial charge in [0.2, 0.25) is 0 Å². The molecule has 1 aromatic rings. The molecule has 1 unspecified atom stereocenters. The van der Waals surface area contributed by atoms with Gasteiger partial charge < -0.3 is 10.1 Å². The van der Waals surface area contributed by atoms with E-state index >= 15 is 0 Å². The Morgan fingerprint density at radius 2 is 1.95 bits per heavy atom. The van der Waals surface area contributed by atoms with Gasteiger partial charge in [-0.2, -0.15) is 0 Å². The number of benzene rings is 1. The van der Waals surface area contributed by atoms with Crippen LogP contribution in [0.15, 0.2) is 16.6 Å². The largest absolute Gasteiger partial charge is 0.381 e. The molecule has 20 heavy (non-hydrogen) atoms. The van der Waals surface area contributed by atoms with Crippen LogP contribution < -0.4 is 5.32 Å². The van der Waals surface area contributed by atoms with Gasteiger partial charge in [-0.15, -0.1) is 0 Å². The summed E-state index contributed by atoms with van der Waals surface area (Å²) in [5.41, 5.74) is 0.0907. The van der Waals surface area contributed by atoms with Crippen molar-refractivity contribution < 1.29 is 13.5 Å². The summed E-state index contributed by atoms with van der Waals surface area (Å²) >= 11 is 3.11. The van der Waals surface area contributed by atoms with Crippen LogP contribution in [0.3, 0.4) is 0 Å². The predicted molar refractivity (Wildman–Crippen MR) is 80.8 cm³/mol. The standard InChI is InChI=1S/C15H22BrF2NO/c1-3-8-19-13(7-10-20-9-4-2)14-12(17)6-5-11(16)15(14)18/h5-6,13,19H,3-4,7-10H2,1-2H3. The molecule has 0 aliphatic carbocycles. The van der Waals surface area contributed by atoms with Crippen LogP contribution in [0.4, 0.5) is 8.78 Å². The number of ether oxygens (including phenoxy) is 1. The molecule has 0 saturated carbocycles. The van der Waals surface area contributed by atoms with Crippen molar-refractivity contribution in [1.29, 1.82) is 0 Å². The zero-order chi connectivity index (χ0) is 15.0. The maximum atomic E-state index is 14.1. The van der Waals surface area contributed by atoms with E-state index in [1.54, 1.807) is 0 Å². The second-order valence-electron chi connectivity index (χ2n) is 4.66. The highest BCUT2D eigenvalue weighted by molar-refractivity contribution is 9.10. The van der Waals surface area contributed by atoms with E-state index in [0.29, 0.717) is 26.2 Å². The lowest BCUT2D eigenvalue weighted by Crippen LogP contribution is -2.25. The molecule has 0 radical (unpaired) electrons. The van der Waals surface area contributed by atoms with Gasteiger partial charge in [-0.1, -0.05) is 13.8 Å². The van der Waals surface area contributed by atoms with E-state index in [-0.39, 0.29) is 16.1 Å². The minimum atomic E-state index is -0.533. The van der Waals surface area contributed by atoms with E-state index in [0.717, 1.165) is 12.8 Å². The third-order valence-electron chi connectivity index (χ3n) is 2.97. The van der Waals surface area contributed by atoms with Gasteiger partial charge in [0, 0.05) is 24.8 Å². The van der Waals surface area contributed by atoms with Crippen LogP contribution in [0.1, 0.15) is 44.7 Å². The highest BCUT2D eigenvalue weighted by Gasteiger charge is 2.21. The molecule has 0 aliphatic rings. The average molecular weight is 350 g/mol. The van der Waals surface area contributed by atoms with Crippen molar-refractivity contribution in [2.24, 2.45) is 0 Å². The first-order chi connectivity index (χ1) is 9.61. The zero-order valence-corrected chi connectivity index (χ0v) is 13.6. The van der Waals surface area contributed by atoms with Crippen LogP contribution in [0.5, 0.6) is 0 Å². The molecule has 0 saturated heterocycles. The summed E-state index contributed by atoms with van der Waals surface area (Å²) in [5.74, 6) is -1.05. The SMILES string of the molecule is CCCNC(CCOCCC)c1c(F)ccc(Br)c1F.